The van der Waals surface area contributed by atoms with E-state index in [9.17, 15) is 9.59 Å². The third-order valence-electron chi connectivity index (χ3n) is 4.02. The second-order valence-corrected chi connectivity index (χ2v) is 5.45. The van der Waals surface area contributed by atoms with Crippen molar-refractivity contribution < 1.29 is 9.59 Å². The van der Waals surface area contributed by atoms with Gasteiger partial charge in [-0.05, 0) is 25.0 Å². The Balaban J connectivity index is 1.61. The second-order valence-electron chi connectivity index (χ2n) is 5.45. The molecule has 120 valence electrons. The average Bonchev–Trinajstić information content (AvgIpc) is 3.11. The monoisotopic (exact) mass is 314 g/mol. The predicted octanol–water partition coefficient (Wildman–Crippen LogP) is 0.359. The molecule has 3 rings (SSSR count). The van der Waals surface area contributed by atoms with Gasteiger partial charge >= 0.3 is 0 Å². The van der Waals surface area contributed by atoms with Gasteiger partial charge in [-0.1, -0.05) is 23.4 Å². The summed E-state index contributed by atoms with van der Waals surface area (Å²) in [5, 5.41) is 7.79. The zero-order chi connectivity index (χ0) is 16.2. The predicted molar refractivity (Wildman–Crippen MR) is 82.3 cm³/mol. The van der Waals surface area contributed by atoms with E-state index in [1.54, 1.807) is 10.9 Å². The normalized spacial score (nSPS) is 15.4. The molecule has 0 aliphatic carbocycles. The minimum atomic E-state index is -0.465. The Morgan fingerprint density at radius 2 is 1.87 bits per heavy atom. The number of piperidine rings is 1. The van der Waals surface area contributed by atoms with Crippen LogP contribution in [0.5, 0.6) is 0 Å². The van der Waals surface area contributed by atoms with Gasteiger partial charge in [-0.3, -0.25) is 15.0 Å². The van der Waals surface area contributed by atoms with Gasteiger partial charge in [0, 0.05) is 18.7 Å². The van der Waals surface area contributed by atoms with Crippen LogP contribution in [0, 0.1) is 0 Å². The van der Waals surface area contributed by atoms with Crippen LogP contribution in [-0.4, -0.2) is 44.8 Å². The highest BCUT2D eigenvalue weighted by Crippen LogP contribution is 2.22. The molecule has 1 aliphatic rings. The van der Waals surface area contributed by atoms with E-state index in [4.69, 9.17) is 5.84 Å². The number of carbonyl (C=O) groups excluding carboxylic acids is 2. The summed E-state index contributed by atoms with van der Waals surface area (Å²) in [6.07, 6.45) is 3.12. The van der Waals surface area contributed by atoms with Crippen molar-refractivity contribution >= 4 is 11.8 Å². The summed E-state index contributed by atoms with van der Waals surface area (Å²) in [5.41, 5.74) is 2.92. The number of hydrogen-bond acceptors (Lipinski definition) is 5. The summed E-state index contributed by atoms with van der Waals surface area (Å²) in [6, 6.07) is 9.39. The van der Waals surface area contributed by atoms with Crippen LogP contribution in [0.15, 0.2) is 36.5 Å². The first-order valence-corrected chi connectivity index (χ1v) is 7.46. The van der Waals surface area contributed by atoms with Gasteiger partial charge in [0.2, 0.25) is 0 Å². The first kappa shape index (κ1) is 15.2. The highest BCUT2D eigenvalue weighted by Gasteiger charge is 2.25. The number of benzene rings is 1. The molecule has 1 aliphatic heterocycles. The first-order chi connectivity index (χ1) is 11.2. The van der Waals surface area contributed by atoms with Crippen molar-refractivity contribution in [2.24, 2.45) is 5.84 Å². The van der Waals surface area contributed by atoms with Gasteiger partial charge in [-0.15, -0.1) is 5.10 Å². The number of hydrogen-bond donors (Lipinski definition) is 2. The maximum Gasteiger partial charge on any atom is 0.287 e. The average molecular weight is 314 g/mol. The number of aromatic nitrogens is 3. The topological polar surface area (TPSA) is 106 Å². The lowest BCUT2D eigenvalue weighted by Gasteiger charge is -2.31. The zero-order valence-electron chi connectivity index (χ0n) is 12.6. The van der Waals surface area contributed by atoms with Crippen molar-refractivity contribution in [2.45, 2.75) is 18.9 Å². The third-order valence-corrected chi connectivity index (χ3v) is 4.02. The van der Waals surface area contributed by atoms with E-state index in [0.717, 1.165) is 12.8 Å². The Hall–Kier alpha value is -2.74. The number of carbonyl (C=O) groups is 2. The van der Waals surface area contributed by atoms with Crippen LogP contribution < -0.4 is 11.3 Å². The van der Waals surface area contributed by atoms with E-state index < -0.39 is 5.91 Å². The summed E-state index contributed by atoms with van der Waals surface area (Å²) in [7, 11) is 0. The number of likely N-dealkylation sites (tertiary alicyclic amines) is 1. The summed E-state index contributed by atoms with van der Waals surface area (Å²) in [5.74, 6) is 4.66. The third kappa shape index (κ3) is 3.21. The Bertz CT molecular complexity index is 691. The summed E-state index contributed by atoms with van der Waals surface area (Å²) in [6.45, 7) is 1.30. The van der Waals surface area contributed by atoms with Gasteiger partial charge in [0.15, 0.2) is 5.69 Å². The van der Waals surface area contributed by atoms with Crippen LogP contribution in [0.1, 0.15) is 39.7 Å². The number of nitrogens with one attached hydrogen (secondary N) is 1. The van der Waals surface area contributed by atoms with E-state index in [0.29, 0.717) is 18.7 Å². The number of nitrogens with two attached hydrogens (primary N) is 1. The number of amides is 2. The number of nitrogens with zero attached hydrogens (tertiary/aromatic N) is 4. The molecule has 2 aromatic rings. The van der Waals surface area contributed by atoms with Crippen LogP contribution in [0.4, 0.5) is 0 Å². The quantitative estimate of drug-likeness (QED) is 0.483. The lowest BCUT2D eigenvalue weighted by Crippen LogP contribution is -2.39. The summed E-state index contributed by atoms with van der Waals surface area (Å²) in [4.78, 5) is 25.6. The van der Waals surface area contributed by atoms with Gasteiger partial charge in [-0.25, -0.2) is 10.5 Å². The second kappa shape index (κ2) is 6.57. The lowest BCUT2D eigenvalue weighted by molar-refractivity contribution is 0.0689. The van der Waals surface area contributed by atoms with E-state index in [-0.39, 0.29) is 17.6 Å². The van der Waals surface area contributed by atoms with Crippen molar-refractivity contribution in [3.8, 4) is 0 Å². The molecular weight excluding hydrogens is 296 g/mol. The Kier molecular flexibility index (Phi) is 4.33. The molecule has 2 heterocycles. The van der Waals surface area contributed by atoms with Crippen molar-refractivity contribution in [2.75, 3.05) is 13.1 Å². The minimum Gasteiger partial charge on any atom is -0.338 e. The Labute approximate surface area is 133 Å². The zero-order valence-corrected chi connectivity index (χ0v) is 12.6. The van der Waals surface area contributed by atoms with Gasteiger partial charge in [0.25, 0.3) is 11.8 Å². The maximum atomic E-state index is 12.4. The Morgan fingerprint density at radius 3 is 2.52 bits per heavy atom. The van der Waals surface area contributed by atoms with Crippen LogP contribution in [-0.2, 0) is 0 Å². The lowest BCUT2D eigenvalue weighted by atomic mass is 10.0. The van der Waals surface area contributed by atoms with Crippen molar-refractivity contribution in [3.05, 3.63) is 47.8 Å². The molecule has 0 spiro atoms. The standard InChI is InChI=1S/C15H18N6O2/c16-17-14(22)13-10-21(19-18-13)12-6-8-20(9-7-12)15(23)11-4-2-1-3-5-11/h1-5,10,12H,6-9,16H2,(H,17,22). The molecule has 23 heavy (non-hydrogen) atoms. The molecule has 1 saturated heterocycles. The largest absolute Gasteiger partial charge is 0.338 e. The first-order valence-electron chi connectivity index (χ1n) is 7.46. The van der Waals surface area contributed by atoms with Crippen molar-refractivity contribution in [3.63, 3.8) is 0 Å². The summed E-state index contributed by atoms with van der Waals surface area (Å²) >= 11 is 0. The minimum absolute atomic E-state index is 0.0471. The molecule has 1 aromatic carbocycles. The van der Waals surface area contributed by atoms with Gasteiger partial charge in [0.1, 0.15) is 0 Å². The molecule has 0 radical (unpaired) electrons. The van der Waals surface area contributed by atoms with Gasteiger partial charge in [0.05, 0.1) is 12.2 Å². The molecule has 0 bridgehead atoms. The van der Waals surface area contributed by atoms with E-state index >= 15 is 0 Å². The SMILES string of the molecule is NNC(=O)c1cn(C2CCN(C(=O)c3ccccc3)CC2)nn1. The number of hydrazine groups is 1. The van der Waals surface area contributed by atoms with Crippen LogP contribution >= 0.6 is 0 Å². The molecule has 3 N–H and O–H groups in total. The van der Waals surface area contributed by atoms with E-state index in [2.05, 4.69) is 10.3 Å². The highest BCUT2D eigenvalue weighted by atomic mass is 16.2. The molecule has 8 nitrogen and oxygen atoms in total. The number of rotatable bonds is 3. The van der Waals surface area contributed by atoms with Gasteiger partial charge in [-0.2, -0.15) is 0 Å². The van der Waals surface area contributed by atoms with Gasteiger partial charge < -0.3 is 4.90 Å². The molecule has 1 fully saturated rings. The molecule has 2 amide bonds. The van der Waals surface area contributed by atoms with Crippen LogP contribution in [0.2, 0.25) is 0 Å². The molecule has 1 aromatic heterocycles. The molecule has 0 atom stereocenters. The molecular formula is C15H18N6O2. The summed E-state index contributed by atoms with van der Waals surface area (Å²) < 4.78 is 1.68. The van der Waals surface area contributed by atoms with Crippen LogP contribution in [0.3, 0.4) is 0 Å². The Morgan fingerprint density at radius 1 is 1.17 bits per heavy atom. The molecule has 8 heteroatoms. The van der Waals surface area contributed by atoms with Crippen LogP contribution in [0.25, 0.3) is 0 Å². The smallest absolute Gasteiger partial charge is 0.287 e. The fourth-order valence-electron chi connectivity index (χ4n) is 2.73. The fourth-order valence-corrected chi connectivity index (χ4v) is 2.73. The fraction of sp³-hybridized carbons (Fsp3) is 0.333. The van der Waals surface area contributed by atoms with E-state index in [1.165, 1.54) is 0 Å². The number of nitrogen functional groups attached to an aromatic ring is 1. The maximum absolute atomic E-state index is 12.4. The molecule has 0 saturated carbocycles. The van der Waals surface area contributed by atoms with Crippen molar-refractivity contribution in [1.82, 2.24) is 25.3 Å². The van der Waals surface area contributed by atoms with Crippen molar-refractivity contribution in [1.29, 1.82) is 0 Å². The molecule has 0 unspecified atom stereocenters. The highest BCUT2D eigenvalue weighted by molar-refractivity contribution is 5.94. The van der Waals surface area contributed by atoms with E-state index in [1.807, 2.05) is 40.7 Å².